The maximum absolute atomic E-state index is 13.2. The Morgan fingerprint density at radius 3 is 2.38 bits per heavy atom. The molecule has 3 heterocycles. The van der Waals surface area contributed by atoms with E-state index in [1.165, 1.54) is 4.57 Å². The summed E-state index contributed by atoms with van der Waals surface area (Å²) in [5.74, 6) is -0.434. The van der Waals surface area contributed by atoms with Crippen molar-refractivity contribution in [2.24, 2.45) is 10.2 Å². The van der Waals surface area contributed by atoms with Gasteiger partial charge in [0.15, 0.2) is 11.5 Å². The zero-order valence-corrected chi connectivity index (χ0v) is 21.2. The van der Waals surface area contributed by atoms with E-state index in [4.69, 9.17) is 0 Å². The lowest BCUT2D eigenvalue weighted by Crippen LogP contribution is -2.32. The molecular formula is C30H23N7O3. The Bertz CT molecular complexity index is 1880. The van der Waals surface area contributed by atoms with Gasteiger partial charge < -0.3 is 15.0 Å². The number of rotatable bonds is 6. The van der Waals surface area contributed by atoms with Crippen LogP contribution in [0.4, 0.5) is 10.5 Å². The fourth-order valence-electron chi connectivity index (χ4n) is 4.57. The fraction of sp³-hybridized carbons (Fsp3) is 0.0667. The van der Waals surface area contributed by atoms with E-state index in [0.29, 0.717) is 34.5 Å². The van der Waals surface area contributed by atoms with Gasteiger partial charge in [-0.1, -0.05) is 66.7 Å². The molecule has 0 aliphatic heterocycles. The predicted molar refractivity (Wildman–Crippen MR) is 150 cm³/mol. The standard InChI is InChI=1S/C30H23N7O3/c38-26(18-32-30(40)37-25-16-7-5-13-22(25)33-28(37)23-14-8-9-17-31-23)34-35-27-21-12-4-6-15-24(21)36(29(27)39)19-20-10-2-1-3-11-20/h1-17,39H,18-19H2,(H,32,40). The summed E-state index contributed by atoms with van der Waals surface area (Å²) < 4.78 is 3.10. The molecule has 0 atom stereocenters. The first kappa shape index (κ1) is 24.7. The van der Waals surface area contributed by atoms with Crippen molar-refractivity contribution in [3.05, 3.63) is 109 Å². The van der Waals surface area contributed by atoms with Crippen molar-refractivity contribution in [3.63, 3.8) is 0 Å². The van der Waals surface area contributed by atoms with Crippen molar-refractivity contribution in [1.82, 2.24) is 24.4 Å². The Labute approximate surface area is 228 Å². The summed E-state index contributed by atoms with van der Waals surface area (Å²) in [5, 5.41) is 22.1. The van der Waals surface area contributed by atoms with E-state index >= 15 is 0 Å². The topological polar surface area (TPSA) is 127 Å². The summed E-state index contributed by atoms with van der Waals surface area (Å²) in [6, 6.07) is 29.0. The van der Waals surface area contributed by atoms with Crippen molar-refractivity contribution in [1.29, 1.82) is 0 Å². The molecule has 0 spiro atoms. The van der Waals surface area contributed by atoms with Gasteiger partial charge in [-0.3, -0.25) is 9.78 Å². The number of hydrogen-bond donors (Lipinski definition) is 2. The van der Waals surface area contributed by atoms with Gasteiger partial charge in [0.2, 0.25) is 5.88 Å². The molecule has 3 aromatic heterocycles. The smallest absolute Gasteiger partial charge is 0.328 e. The molecule has 2 N–H and O–H groups in total. The number of fused-ring (bicyclic) bond motifs is 2. The van der Waals surface area contributed by atoms with E-state index in [-0.39, 0.29) is 11.6 Å². The lowest BCUT2D eigenvalue weighted by atomic mass is 10.2. The molecule has 0 radical (unpaired) electrons. The number of carbonyl (C=O) groups excluding carboxylic acids is 2. The van der Waals surface area contributed by atoms with Gasteiger partial charge in [0.05, 0.1) is 23.1 Å². The highest BCUT2D eigenvalue weighted by Crippen LogP contribution is 2.39. The van der Waals surface area contributed by atoms with Gasteiger partial charge in [0.25, 0.3) is 5.91 Å². The molecule has 40 heavy (non-hydrogen) atoms. The van der Waals surface area contributed by atoms with Gasteiger partial charge in [0.1, 0.15) is 12.2 Å². The molecule has 3 aromatic carbocycles. The Morgan fingerprint density at radius 2 is 1.57 bits per heavy atom. The molecule has 0 unspecified atom stereocenters. The van der Waals surface area contributed by atoms with Crippen LogP contribution in [0.3, 0.4) is 0 Å². The second-order valence-electron chi connectivity index (χ2n) is 8.99. The first-order chi connectivity index (χ1) is 19.6. The number of pyridine rings is 1. The zero-order valence-electron chi connectivity index (χ0n) is 21.2. The van der Waals surface area contributed by atoms with Crippen LogP contribution in [0.25, 0.3) is 33.5 Å². The van der Waals surface area contributed by atoms with Crippen molar-refractivity contribution >= 4 is 39.6 Å². The highest BCUT2D eigenvalue weighted by molar-refractivity contribution is 5.96. The van der Waals surface area contributed by atoms with E-state index < -0.39 is 18.5 Å². The molecule has 0 saturated carbocycles. The summed E-state index contributed by atoms with van der Waals surface area (Å²) in [5.41, 5.74) is 3.65. The van der Waals surface area contributed by atoms with Crippen LogP contribution in [0.5, 0.6) is 5.88 Å². The third-order valence-corrected chi connectivity index (χ3v) is 6.41. The van der Waals surface area contributed by atoms with Crippen molar-refractivity contribution < 1.29 is 14.7 Å². The SMILES string of the molecule is O=C(CNC(=O)n1c(-c2ccccn2)nc2ccccc21)N=Nc1c(O)n(Cc2ccccc2)c2ccccc12. The number of aromatic nitrogens is 4. The molecule has 6 aromatic rings. The molecule has 6 rings (SSSR count). The molecular weight excluding hydrogens is 506 g/mol. The minimum atomic E-state index is -0.684. The molecule has 0 saturated heterocycles. The Hall–Kier alpha value is -5.64. The van der Waals surface area contributed by atoms with Crippen LogP contribution in [0.2, 0.25) is 0 Å². The average molecular weight is 530 g/mol. The summed E-state index contributed by atoms with van der Waals surface area (Å²) in [6.07, 6.45) is 1.62. The van der Waals surface area contributed by atoms with Gasteiger partial charge >= 0.3 is 6.03 Å². The van der Waals surface area contributed by atoms with E-state index in [1.54, 1.807) is 53.2 Å². The Kier molecular flexibility index (Phi) is 6.55. The molecule has 2 amide bonds. The first-order valence-corrected chi connectivity index (χ1v) is 12.6. The van der Waals surface area contributed by atoms with Crippen molar-refractivity contribution in [3.8, 4) is 17.4 Å². The third-order valence-electron chi connectivity index (χ3n) is 6.41. The lowest BCUT2D eigenvalue weighted by molar-refractivity contribution is -0.117. The lowest BCUT2D eigenvalue weighted by Gasteiger charge is -2.08. The summed E-state index contributed by atoms with van der Waals surface area (Å²) >= 11 is 0. The third kappa shape index (κ3) is 4.69. The second-order valence-corrected chi connectivity index (χ2v) is 8.99. The van der Waals surface area contributed by atoms with Crippen LogP contribution >= 0.6 is 0 Å². The molecule has 0 fully saturated rings. The molecule has 10 heteroatoms. The van der Waals surface area contributed by atoms with Gasteiger partial charge in [-0.2, -0.15) is 0 Å². The number of hydrogen-bond acceptors (Lipinski definition) is 6. The van der Waals surface area contributed by atoms with Crippen LogP contribution in [-0.4, -0.2) is 42.7 Å². The average Bonchev–Trinajstić information content (AvgIpc) is 3.51. The molecule has 196 valence electrons. The highest BCUT2D eigenvalue weighted by atomic mass is 16.3. The zero-order chi connectivity index (χ0) is 27.5. The van der Waals surface area contributed by atoms with Crippen LogP contribution in [0, 0.1) is 0 Å². The fourth-order valence-corrected chi connectivity index (χ4v) is 4.57. The van der Waals surface area contributed by atoms with Crippen LogP contribution < -0.4 is 5.32 Å². The van der Waals surface area contributed by atoms with E-state index in [1.807, 2.05) is 54.6 Å². The Morgan fingerprint density at radius 1 is 0.850 bits per heavy atom. The van der Waals surface area contributed by atoms with Crippen molar-refractivity contribution in [2.75, 3.05) is 6.54 Å². The number of nitrogens with one attached hydrogen (secondary N) is 1. The number of nitrogens with zero attached hydrogens (tertiary/aromatic N) is 6. The van der Waals surface area contributed by atoms with E-state index in [0.717, 1.165) is 11.1 Å². The summed E-state index contributed by atoms with van der Waals surface area (Å²) in [6.45, 7) is 0.0180. The summed E-state index contributed by atoms with van der Waals surface area (Å²) in [7, 11) is 0. The normalized spacial score (nSPS) is 11.4. The van der Waals surface area contributed by atoms with Gasteiger partial charge in [-0.15, -0.1) is 10.2 Å². The maximum Gasteiger partial charge on any atom is 0.328 e. The van der Waals surface area contributed by atoms with Gasteiger partial charge in [0, 0.05) is 11.6 Å². The minimum Gasteiger partial charge on any atom is -0.493 e. The minimum absolute atomic E-state index is 0.101. The van der Waals surface area contributed by atoms with Gasteiger partial charge in [-0.25, -0.2) is 14.3 Å². The second kappa shape index (κ2) is 10.6. The number of para-hydroxylation sites is 3. The van der Waals surface area contributed by atoms with Gasteiger partial charge in [-0.05, 0) is 35.9 Å². The number of azo groups is 1. The predicted octanol–water partition coefficient (Wildman–Crippen LogP) is 5.68. The number of aromatic hydroxyl groups is 1. The molecule has 0 bridgehead atoms. The number of benzene rings is 3. The maximum atomic E-state index is 13.2. The van der Waals surface area contributed by atoms with E-state index in [9.17, 15) is 14.7 Å². The molecule has 0 aliphatic carbocycles. The van der Waals surface area contributed by atoms with Crippen LogP contribution in [-0.2, 0) is 11.3 Å². The Balaban J connectivity index is 1.23. The largest absolute Gasteiger partial charge is 0.493 e. The number of carbonyl (C=O) groups is 2. The van der Waals surface area contributed by atoms with Crippen LogP contribution in [0.15, 0.2) is 113 Å². The number of amides is 2. The van der Waals surface area contributed by atoms with Crippen molar-refractivity contribution in [2.45, 2.75) is 6.54 Å². The molecule has 10 nitrogen and oxygen atoms in total. The summed E-state index contributed by atoms with van der Waals surface area (Å²) in [4.78, 5) is 34.7. The molecule has 0 aliphatic rings. The number of imidazole rings is 1. The quantitative estimate of drug-likeness (QED) is 0.269. The first-order valence-electron chi connectivity index (χ1n) is 12.6. The van der Waals surface area contributed by atoms with Crippen LogP contribution in [0.1, 0.15) is 5.56 Å². The highest BCUT2D eigenvalue weighted by Gasteiger charge is 2.20. The monoisotopic (exact) mass is 529 g/mol. The van der Waals surface area contributed by atoms with E-state index in [2.05, 4.69) is 25.5 Å².